The molecule has 0 aliphatic rings. The minimum absolute atomic E-state index is 0.249. The monoisotopic (exact) mass is 449 g/mol. The van der Waals surface area contributed by atoms with Crippen molar-refractivity contribution < 1.29 is 5.11 Å². The zero-order chi connectivity index (χ0) is 23.2. The average molecular weight is 450 g/mol. The number of hydrogen-bond acceptors (Lipinski definition) is 5. The predicted octanol–water partition coefficient (Wildman–Crippen LogP) is 5.22. The summed E-state index contributed by atoms with van der Waals surface area (Å²) < 4.78 is 0. The van der Waals surface area contributed by atoms with Gasteiger partial charge in [-0.1, -0.05) is 54.6 Å². The number of nitrogens with zero attached hydrogens (tertiary/aromatic N) is 3. The van der Waals surface area contributed by atoms with Gasteiger partial charge in [0.05, 0.1) is 23.1 Å². The van der Waals surface area contributed by atoms with Crippen LogP contribution in [0.1, 0.15) is 18.4 Å². The molecule has 0 unspecified atom stereocenters. The quantitative estimate of drug-likeness (QED) is 0.269. The second kappa shape index (κ2) is 10.4. The van der Waals surface area contributed by atoms with Gasteiger partial charge < -0.3 is 10.4 Å². The number of hydrogen-bond donors (Lipinski definition) is 3. The van der Waals surface area contributed by atoms with Crippen molar-refractivity contribution in [2.75, 3.05) is 13.2 Å². The summed E-state index contributed by atoms with van der Waals surface area (Å²) in [6.07, 6.45) is 7.25. The molecular weight excluding hydrogens is 422 g/mol. The van der Waals surface area contributed by atoms with E-state index >= 15 is 0 Å². The highest BCUT2D eigenvalue weighted by atomic mass is 16.2. The first-order valence-electron chi connectivity index (χ1n) is 11.6. The van der Waals surface area contributed by atoms with Gasteiger partial charge in [-0.25, -0.2) is 4.98 Å². The van der Waals surface area contributed by atoms with Gasteiger partial charge in [-0.15, -0.1) is 0 Å². The smallest absolute Gasteiger partial charge is 0.0827 e. The van der Waals surface area contributed by atoms with Gasteiger partial charge >= 0.3 is 0 Å². The first-order valence-corrected chi connectivity index (χ1v) is 11.6. The summed E-state index contributed by atoms with van der Waals surface area (Å²) in [5.41, 5.74) is 8.14. The molecule has 0 spiro atoms. The summed E-state index contributed by atoms with van der Waals surface area (Å²) in [7, 11) is 0. The number of pyridine rings is 2. The Morgan fingerprint density at radius 2 is 1.71 bits per heavy atom. The molecule has 0 atom stereocenters. The Kier molecular flexibility index (Phi) is 6.70. The van der Waals surface area contributed by atoms with E-state index in [1.54, 1.807) is 12.4 Å². The highest BCUT2D eigenvalue weighted by Crippen LogP contribution is 2.36. The fourth-order valence-electron chi connectivity index (χ4n) is 4.14. The molecule has 0 fully saturated rings. The Labute approximate surface area is 198 Å². The van der Waals surface area contributed by atoms with Crippen LogP contribution in [0.15, 0.2) is 85.3 Å². The fraction of sp³-hybridized carbons (Fsp3) is 0.179. The van der Waals surface area contributed by atoms with E-state index in [2.05, 4.69) is 75.1 Å². The fourth-order valence-corrected chi connectivity index (χ4v) is 4.14. The maximum Gasteiger partial charge on any atom is 0.0827 e. The van der Waals surface area contributed by atoms with Crippen LogP contribution in [0.4, 0.5) is 0 Å². The van der Waals surface area contributed by atoms with Crippen LogP contribution >= 0.6 is 0 Å². The maximum absolute atomic E-state index is 8.91. The van der Waals surface area contributed by atoms with Crippen LogP contribution in [-0.4, -0.2) is 38.4 Å². The third-order valence-electron chi connectivity index (χ3n) is 5.92. The number of nitrogens with one attached hydrogen (secondary N) is 2. The molecule has 0 saturated heterocycles. The first-order chi connectivity index (χ1) is 16.8. The molecule has 3 N–H and O–H groups in total. The van der Waals surface area contributed by atoms with Gasteiger partial charge in [0.1, 0.15) is 0 Å². The largest absolute Gasteiger partial charge is 0.396 e. The minimum atomic E-state index is 0.249. The van der Waals surface area contributed by atoms with Crippen LogP contribution in [0.3, 0.4) is 0 Å². The topological polar surface area (TPSA) is 86.7 Å². The lowest BCUT2D eigenvalue weighted by atomic mass is 9.96. The Morgan fingerprint density at radius 3 is 2.47 bits per heavy atom. The lowest BCUT2D eigenvalue weighted by Crippen LogP contribution is -2.14. The van der Waals surface area contributed by atoms with E-state index in [1.165, 1.54) is 5.56 Å². The van der Waals surface area contributed by atoms with Gasteiger partial charge in [-0.05, 0) is 42.6 Å². The first kappa shape index (κ1) is 21.9. The zero-order valence-electron chi connectivity index (χ0n) is 18.9. The summed E-state index contributed by atoms with van der Waals surface area (Å²) in [5, 5.41) is 20.3. The minimum Gasteiger partial charge on any atom is -0.396 e. The molecule has 5 rings (SSSR count). The molecule has 34 heavy (non-hydrogen) atoms. The second-order valence-electron chi connectivity index (χ2n) is 8.27. The van der Waals surface area contributed by atoms with Crippen molar-refractivity contribution in [1.82, 2.24) is 25.5 Å². The average Bonchev–Trinajstić information content (AvgIpc) is 3.43. The number of unbranched alkanes of at least 4 members (excludes halogenated alkanes) is 1. The van der Waals surface area contributed by atoms with Gasteiger partial charge in [-0.2, -0.15) is 5.10 Å². The van der Waals surface area contributed by atoms with Gasteiger partial charge in [0.15, 0.2) is 0 Å². The number of fused-ring (bicyclic) bond motifs is 1. The van der Waals surface area contributed by atoms with Crippen LogP contribution < -0.4 is 5.32 Å². The van der Waals surface area contributed by atoms with E-state index in [-0.39, 0.29) is 6.61 Å². The van der Waals surface area contributed by atoms with Crippen LogP contribution in [0.25, 0.3) is 44.5 Å². The van der Waals surface area contributed by atoms with Gasteiger partial charge in [-0.3, -0.25) is 10.1 Å². The highest BCUT2D eigenvalue weighted by molar-refractivity contribution is 5.98. The number of aliphatic hydroxyl groups excluding tert-OH is 1. The number of aromatic amines is 1. The van der Waals surface area contributed by atoms with Crippen molar-refractivity contribution >= 4 is 10.9 Å². The van der Waals surface area contributed by atoms with E-state index in [1.807, 2.05) is 18.3 Å². The van der Waals surface area contributed by atoms with Crippen molar-refractivity contribution in [3.8, 4) is 33.6 Å². The lowest BCUT2D eigenvalue weighted by Gasteiger charge is -2.13. The molecule has 6 nitrogen and oxygen atoms in total. The molecule has 170 valence electrons. The lowest BCUT2D eigenvalue weighted by molar-refractivity contribution is 0.283. The third kappa shape index (κ3) is 4.73. The Morgan fingerprint density at radius 1 is 0.853 bits per heavy atom. The van der Waals surface area contributed by atoms with E-state index in [0.29, 0.717) is 0 Å². The van der Waals surface area contributed by atoms with Crippen LogP contribution in [-0.2, 0) is 6.54 Å². The standard InChI is InChI=1S/C28H27N5O/c34-15-5-4-13-29-17-20-8-10-22(11-9-20)28-24(21-6-2-1-3-7-21)16-25-26(33-28)12-14-30-27(25)23-18-31-32-19-23/h1-3,6-12,14,16,18-19,29,34H,4-5,13,15,17H2,(H,31,32). The van der Waals surface area contributed by atoms with E-state index < -0.39 is 0 Å². The van der Waals surface area contributed by atoms with Gasteiger partial charge in [0.2, 0.25) is 0 Å². The molecule has 0 radical (unpaired) electrons. The van der Waals surface area contributed by atoms with E-state index in [0.717, 1.165) is 70.5 Å². The maximum atomic E-state index is 8.91. The van der Waals surface area contributed by atoms with Crippen molar-refractivity contribution in [2.24, 2.45) is 0 Å². The molecule has 5 aromatic rings. The summed E-state index contributed by atoms with van der Waals surface area (Å²) in [4.78, 5) is 9.73. The Balaban J connectivity index is 1.54. The number of aromatic nitrogens is 4. The van der Waals surface area contributed by atoms with Crippen molar-refractivity contribution in [1.29, 1.82) is 0 Å². The van der Waals surface area contributed by atoms with Crippen molar-refractivity contribution in [3.05, 3.63) is 90.9 Å². The molecule has 2 aromatic carbocycles. The molecule has 0 amide bonds. The Bertz CT molecular complexity index is 1350. The zero-order valence-corrected chi connectivity index (χ0v) is 18.9. The van der Waals surface area contributed by atoms with Crippen LogP contribution in [0.5, 0.6) is 0 Å². The summed E-state index contributed by atoms with van der Waals surface area (Å²) in [6.45, 7) is 1.96. The SMILES string of the molecule is OCCCCNCc1ccc(-c2nc3ccnc(-c4cn[nH]c4)c3cc2-c2ccccc2)cc1. The summed E-state index contributed by atoms with van der Waals surface area (Å²) >= 11 is 0. The highest BCUT2D eigenvalue weighted by Gasteiger charge is 2.15. The number of aliphatic hydroxyl groups is 1. The van der Waals surface area contributed by atoms with E-state index in [9.17, 15) is 0 Å². The molecule has 0 aliphatic carbocycles. The van der Waals surface area contributed by atoms with Gasteiger partial charge in [0.25, 0.3) is 0 Å². The van der Waals surface area contributed by atoms with Gasteiger partial charge in [0, 0.05) is 47.6 Å². The Hall–Kier alpha value is -3.87. The molecule has 0 bridgehead atoms. The van der Waals surface area contributed by atoms with Crippen molar-refractivity contribution in [2.45, 2.75) is 19.4 Å². The molecule has 0 saturated carbocycles. The molecular formula is C28H27N5O. The summed E-state index contributed by atoms with van der Waals surface area (Å²) in [5.74, 6) is 0. The van der Waals surface area contributed by atoms with E-state index in [4.69, 9.17) is 10.1 Å². The van der Waals surface area contributed by atoms with Crippen molar-refractivity contribution in [3.63, 3.8) is 0 Å². The second-order valence-corrected chi connectivity index (χ2v) is 8.27. The molecule has 3 aromatic heterocycles. The van der Waals surface area contributed by atoms with Crippen LogP contribution in [0.2, 0.25) is 0 Å². The molecule has 6 heteroatoms. The predicted molar refractivity (Wildman–Crippen MR) is 136 cm³/mol. The number of rotatable bonds is 9. The number of benzene rings is 2. The number of H-pyrrole nitrogens is 1. The summed E-state index contributed by atoms with van der Waals surface area (Å²) in [6, 6.07) is 23.1. The van der Waals surface area contributed by atoms with Crippen LogP contribution in [0, 0.1) is 0 Å². The normalized spacial score (nSPS) is 11.2. The molecule has 3 heterocycles. The molecule has 0 aliphatic heterocycles. The third-order valence-corrected chi connectivity index (χ3v) is 5.92.